The molecule has 0 spiro atoms. The molecule has 4 aromatic rings. The fourth-order valence-electron chi connectivity index (χ4n) is 4.15. The first-order valence-electron chi connectivity index (χ1n) is 12.8. The van der Waals surface area contributed by atoms with Crippen molar-refractivity contribution in [1.29, 1.82) is 5.26 Å². The smallest absolute Gasteiger partial charge is 0.312 e. The molecule has 1 N–H and O–H groups in total. The molecule has 3 heterocycles. The molecule has 0 fully saturated rings. The van der Waals surface area contributed by atoms with Gasteiger partial charge in [0.25, 0.3) is 0 Å². The van der Waals surface area contributed by atoms with Crippen molar-refractivity contribution in [3.63, 3.8) is 0 Å². The number of phosphoric acid groups is 1. The van der Waals surface area contributed by atoms with E-state index in [0.29, 0.717) is 12.2 Å². The van der Waals surface area contributed by atoms with Crippen molar-refractivity contribution < 1.29 is 23.3 Å². The molecule has 0 aliphatic heterocycles. The van der Waals surface area contributed by atoms with Crippen molar-refractivity contribution in [3.05, 3.63) is 78.9 Å². The maximum atomic E-state index is 12.7. The Kier molecular flexibility index (Phi) is 9.45. The maximum absolute atomic E-state index is 12.7. The lowest BCUT2D eigenvalue weighted by atomic mass is 10.0. The van der Waals surface area contributed by atoms with E-state index in [0.717, 1.165) is 33.3 Å². The van der Waals surface area contributed by atoms with E-state index in [-0.39, 0.29) is 24.9 Å². The number of aromatic nitrogens is 3. The second-order valence-corrected chi connectivity index (χ2v) is 10.9. The van der Waals surface area contributed by atoms with Crippen LogP contribution < -0.4 is 4.90 Å². The van der Waals surface area contributed by atoms with E-state index in [4.69, 9.17) is 9.05 Å². The molecule has 1 aromatic carbocycles. The molecule has 41 heavy (non-hydrogen) atoms. The van der Waals surface area contributed by atoms with Crippen molar-refractivity contribution in [3.8, 4) is 28.3 Å². The Hall–Kier alpha value is -4.17. The van der Waals surface area contributed by atoms with Crippen LogP contribution in [0.5, 0.6) is 0 Å². The van der Waals surface area contributed by atoms with Gasteiger partial charge in [-0.25, -0.2) is 14.5 Å². The lowest BCUT2D eigenvalue weighted by molar-refractivity contribution is -0.113. The Balaban J connectivity index is 1.74. The molecule has 0 aliphatic carbocycles. The van der Waals surface area contributed by atoms with E-state index in [9.17, 15) is 19.5 Å². The SMILES string of the molecule is CCOP(=O)(O)OCn1cc(-c2ccnc(C#N)c2)c2cc(-c3cccc(N(C)C(=O)/C=C/CN(C)C)c3)cnc21. The summed E-state index contributed by atoms with van der Waals surface area (Å²) >= 11 is 0. The fourth-order valence-corrected chi connectivity index (χ4v) is 4.82. The van der Waals surface area contributed by atoms with Crippen LogP contribution in [0.3, 0.4) is 0 Å². The molecule has 1 unspecified atom stereocenters. The topological polar surface area (TPSA) is 134 Å². The van der Waals surface area contributed by atoms with Crippen molar-refractivity contribution >= 4 is 30.5 Å². The van der Waals surface area contributed by atoms with E-state index >= 15 is 0 Å². The largest absolute Gasteiger partial charge is 0.473 e. The van der Waals surface area contributed by atoms with E-state index in [1.54, 1.807) is 60.2 Å². The molecule has 4 rings (SSSR count). The van der Waals surface area contributed by atoms with E-state index in [2.05, 4.69) is 9.97 Å². The van der Waals surface area contributed by atoms with Gasteiger partial charge in [-0.3, -0.25) is 13.8 Å². The number of nitrogens with zero attached hydrogens (tertiary/aromatic N) is 6. The lowest BCUT2D eigenvalue weighted by Gasteiger charge is -2.17. The van der Waals surface area contributed by atoms with Crippen LogP contribution in [0.15, 0.2) is 73.2 Å². The van der Waals surface area contributed by atoms with Gasteiger partial charge in [0.15, 0.2) is 0 Å². The second-order valence-electron chi connectivity index (χ2n) is 9.41. The quantitative estimate of drug-likeness (QED) is 0.197. The molecule has 1 amide bonds. The first-order valence-corrected chi connectivity index (χ1v) is 14.3. The van der Waals surface area contributed by atoms with Gasteiger partial charge in [0.05, 0.1) is 6.61 Å². The number of carbonyl (C=O) groups is 1. The standard InChI is InChI=1S/C29H31N6O5P/c1-5-39-41(37,38)40-20-35-19-27(22-11-12-31-24(14-22)17-30)26-16-23(18-32-29(26)35)21-8-6-9-25(15-21)34(4)28(36)10-7-13-33(2)3/h6-12,14-16,18-19H,5,13,20H2,1-4H3,(H,37,38)/b10-7+. The molecule has 0 saturated heterocycles. The van der Waals surface area contributed by atoms with Gasteiger partial charge in [0.2, 0.25) is 5.91 Å². The first-order chi connectivity index (χ1) is 19.6. The third kappa shape index (κ3) is 7.32. The number of pyridine rings is 2. The summed E-state index contributed by atoms with van der Waals surface area (Å²) in [7, 11) is 1.34. The summed E-state index contributed by atoms with van der Waals surface area (Å²) in [6.07, 6.45) is 8.35. The summed E-state index contributed by atoms with van der Waals surface area (Å²) in [6.45, 7) is 2.00. The number of hydrogen-bond acceptors (Lipinski definition) is 8. The van der Waals surface area contributed by atoms with Crippen molar-refractivity contribution in [2.75, 3.05) is 39.2 Å². The molecular formula is C29H31N6O5P. The Morgan fingerprint density at radius 3 is 2.66 bits per heavy atom. The summed E-state index contributed by atoms with van der Waals surface area (Å²) in [6, 6.07) is 15.0. The van der Waals surface area contributed by atoms with Gasteiger partial charge in [-0.2, -0.15) is 5.26 Å². The zero-order chi connectivity index (χ0) is 29.6. The minimum absolute atomic E-state index is 0.0211. The Morgan fingerprint density at radius 2 is 1.93 bits per heavy atom. The molecule has 1 atom stereocenters. The van der Waals surface area contributed by atoms with Crippen molar-refractivity contribution in [1.82, 2.24) is 19.4 Å². The number of amides is 1. The highest BCUT2D eigenvalue weighted by Gasteiger charge is 2.22. The molecule has 11 nitrogen and oxygen atoms in total. The predicted molar refractivity (Wildman–Crippen MR) is 157 cm³/mol. The fraction of sp³-hybridized carbons (Fsp3) is 0.241. The Bertz CT molecular complexity index is 1680. The van der Waals surface area contributed by atoms with E-state index < -0.39 is 7.82 Å². The number of rotatable bonds is 11. The summed E-state index contributed by atoms with van der Waals surface area (Å²) < 4.78 is 23.7. The second kappa shape index (κ2) is 13.0. The summed E-state index contributed by atoms with van der Waals surface area (Å²) in [5, 5.41) is 10.1. The monoisotopic (exact) mass is 574 g/mol. The van der Waals surface area contributed by atoms with Crippen LogP contribution in [0.1, 0.15) is 12.6 Å². The van der Waals surface area contributed by atoms with Crippen LogP contribution in [-0.4, -0.2) is 64.5 Å². The number of carbonyl (C=O) groups excluding carboxylic acids is 1. The van der Waals surface area contributed by atoms with Gasteiger partial charge in [-0.05, 0) is 62.5 Å². The first kappa shape index (κ1) is 29.8. The number of benzene rings is 1. The van der Waals surface area contributed by atoms with Crippen molar-refractivity contribution in [2.24, 2.45) is 0 Å². The number of likely N-dealkylation sites (N-methyl/N-ethyl adjacent to an activating group) is 2. The molecule has 0 bridgehead atoms. The summed E-state index contributed by atoms with van der Waals surface area (Å²) in [5.74, 6) is -0.142. The molecule has 0 radical (unpaired) electrons. The van der Waals surface area contributed by atoms with Gasteiger partial charge in [0.1, 0.15) is 24.1 Å². The molecule has 12 heteroatoms. The minimum Gasteiger partial charge on any atom is -0.312 e. The molecule has 3 aromatic heterocycles. The van der Waals surface area contributed by atoms with Crippen LogP contribution in [0.25, 0.3) is 33.3 Å². The highest BCUT2D eigenvalue weighted by atomic mass is 31.2. The Labute approximate surface area is 238 Å². The molecular weight excluding hydrogens is 543 g/mol. The van der Waals surface area contributed by atoms with E-state index in [1.807, 2.05) is 61.5 Å². The van der Waals surface area contributed by atoms with Gasteiger partial charge in [0, 0.05) is 60.5 Å². The van der Waals surface area contributed by atoms with Gasteiger partial charge in [-0.1, -0.05) is 18.2 Å². The van der Waals surface area contributed by atoms with Crippen LogP contribution in [0.2, 0.25) is 0 Å². The molecule has 212 valence electrons. The summed E-state index contributed by atoms with van der Waals surface area (Å²) in [5.41, 5.74) is 4.56. The zero-order valence-electron chi connectivity index (χ0n) is 23.3. The highest BCUT2D eigenvalue weighted by Crippen LogP contribution is 2.44. The lowest BCUT2D eigenvalue weighted by Crippen LogP contribution is -2.24. The molecule has 0 saturated carbocycles. The number of anilines is 1. The van der Waals surface area contributed by atoms with Crippen LogP contribution in [0.4, 0.5) is 5.69 Å². The molecule has 0 aliphatic rings. The van der Waals surface area contributed by atoms with Gasteiger partial charge >= 0.3 is 7.82 Å². The number of fused-ring (bicyclic) bond motifs is 1. The number of hydrogen-bond donors (Lipinski definition) is 1. The third-order valence-corrected chi connectivity index (χ3v) is 7.21. The van der Waals surface area contributed by atoms with Crippen LogP contribution >= 0.6 is 7.82 Å². The normalized spacial score (nSPS) is 13.0. The average Bonchev–Trinajstić information content (AvgIpc) is 3.33. The number of phosphoric ester groups is 1. The Morgan fingerprint density at radius 1 is 1.12 bits per heavy atom. The zero-order valence-corrected chi connectivity index (χ0v) is 24.2. The maximum Gasteiger partial charge on any atom is 0.473 e. The number of nitriles is 1. The van der Waals surface area contributed by atoms with E-state index in [1.165, 1.54) is 0 Å². The predicted octanol–water partition coefficient (Wildman–Crippen LogP) is 4.83. The minimum atomic E-state index is -4.25. The average molecular weight is 575 g/mol. The van der Waals surface area contributed by atoms with Gasteiger partial charge in [-0.15, -0.1) is 0 Å². The summed E-state index contributed by atoms with van der Waals surface area (Å²) in [4.78, 5) is 34.9. The van der Waals surface area contributed by atoms with Gasteiger partial charge < -0.3 is 19.3 Å². The highest BCUT2D eigenvalue weighted by molar-refractivity contribution is 7.47. The van der Waals surface area contributed by atoms with Crippen LogP contribution in [0, 0.1) is 11.3 Å². The van der Waals surface area contributed by atoms with Crippen LogP contribution in [-0.2, 0) is 25.1 Å². The van der Waals surface area contributed by atoms with Crippen molar-refractivity contribution in [2.45, 2.75) is 13.7 Å². The third-order valence-electron chi connectivity index (χ3n) is 6.18.